The first kappa shape index (κ1) is 14.9. The van der Waals surface area contributed by atoms with Crippen LogP contribution in [0.5, 0.6) is 0 Å². The van der Waals surface area contributed by atoms with Crippen molar-refractivity contribution in [1.29, 1.82) is 0 Å². The third-order valence-corrected chi connectivity index (χ3v) is 3.78. The van der Waals surface area contributed by atoms with Crippen LogP contribution in [0.2, 0.25) is 0 Å². The molecule has 18 heavy (non-hydrogen) atoms. The molecule has 0 aromatic carbocycles. The van der Waals surface area contributed by atoms with Gasteiger partial charge in [-0.3, -0.25) is 18.6 Å². The maximum Gasteiger partial charge on any atom is 0.221 e. The van der Waals surface area contributed by atoms with Crippen LogP contribution in [-0.2, 0) is 9.59 Å². The van der Waals surface area contributed by atoms with E-state index in [4.69, 9.17) is 0 Å². The van der Waals surface area contributed by atoms with Crippen molar-refractivity contribution < 1.29 is 18.6 Å². The van der Waals surface area contributed by atoms with Gasteiger partial charge in [0.15, 0.2) is 13.3 Å². The van der Waals surface area contributed by atoms with E-state index in [1.54, 1.807) is 13.8 Å². The van der Waals surface area contributed by atoms with Crippen LogP contribution in [0.4, 0.5) is 0 Å². The summed E-state index contributed by atoms with van der Waals surface area (Å²) in [5.41, 5.74) is 0. The van der Waals surface area contributed by atoms with E-state index in [2.05, 4.69) is 24.7 Å². The summed E-state index contributed by atoms with van der Waals surface area (Å²) in [7, 11) is 4.33. The second-order valence-corrected chi connectivity index (χ2v) is 5.92. The van der Waals surface area contributed by atoms with Gasteiger partial charge in [-0.2, -0.15) is 0 Å². The number of hydrogen-bond donors (Lipinski definition) is 2. The van der Waals surface area contributed by atoms with Gasteiger partial charge < -0.3 is 10.6 Å². The molecule has 6 nitrogen and oxygen atoms in total. The van der Waals surface area contributed by atoms with Gasteiger partial charge in [0, 0.05) is 13.8 Å². The average Bonchev–Trinajstić information content (AvgIpc) is 2.29. The van der Waals surface area contributed by atoms with Crippen LogP contribution in [0, 0.1) is 0 Å². The molecule has 2 N–H and O–H groups in total. The Morgan fingerprint density at radius 2 is 1.11 bits per heavy atom. The van der Waals surface area contributed by atoms with E-state index >= 15 is 0 Å². The molecule has 0 saturated carbocycles. The highest BCUT2D eigenvalue weighted by Gasteiger charge is 2.36. The van der Waals surface area contributed by atoms with Gasteiger partial charge in [0.25, 0.3) is 0 Å². The van der Waals surface area contributed by atoms with Crippen LogP contribution in [-0.4, -0.2) is 74.4 Å². The summed E-state index contributed by atoms with van der Waals surface area (Å²) in [5.74, 6) is 0.0471. The van der Waals surface area contributed by atoms with Crippen LogP contribution < -0.4 is 10.6 Å². The SMILES string of the molecule is CC(=O)NC[N+]1(C)CC[N+](C)(CNC(C)=O)CC1. The smallest absolute Gasteiger partial charge is 0.221 e. The fourth-order valence-corrected chi connectivity index (χ4v) is 2.11. The third kappa shape index (κ3) is 4.62. The Hall–Kier alpha value is -1.14. The number of carbonyl (C=O) groups is 2. The van der Waals surface area contributed by atoms with Gasteiger partial charge in [-0.15, -0.1) is 0 Å². The van der Waals surface area contributed by atoms with E-state index in [0.29, 0.717) is 13.3 Å². The first-order valence-electron chi connectivity index (χ1n) is 6.41. The maximum absolute atomic E-state index is 11.0. The molecule has 1 heterocycles. The largest absolute Gasteiger partial charge is 0.310 e. The standard InChI is InChI=1S/C12H24N4O2/c1-11(17)13-9-15(3)5-7-16(4,8-6-15)10-14-12(2)18/h5-10H2,1-4H3/p+2. The summed E-state index contributed by atoms with van der Waals surface area (Å²) in [6.45, 7) is 8.52. The van der Waals surface area contributed by atoms with Crippen molar-refractivity contribution in [3.8, 4) is 0 Å². The van der Waals surface area contributed by atoms with Gasteiger partial charge in [-0.1, -0.05) is 0 Å². The molecule has 104 valence electrons. The van der Waals surface area contributed by atoms with Crippen molar-refractivity contribution in [3.05, 3.63) is 0 Å². The number of hydrogen-bond acceptors (Lipinski definition) is 2. The minimum atomic E-state index is 0.0235. The minimum Gasteiger partial charge on any atom is -0.310 e. The van der Waals surface area contributed by atoms with Gasteiger partial charge in [-0.05, 0) is 0 Å². The Labute approximate surface area is 109 Å². The Morgan fingerprint density at radius 3 is 1.33 bits per heavy atom. The van der Waals surface area contributed by atoms with Crippen molar-refractivity contribution in [1.82, 2.24) is 10.6 Å². The molecule has 0 bridgehead atoms. The number of nitrogens with zero attached hydrogens (tertiary/aromatic N) is 2. The summed E-state index contributed by atoms with van der Waals surface area (Å²) in [4.78, 5) is 21.9. The molecule has 1 aliphatic rings. The van der Waals surface area contributed by atoms with E-state index in [1.807, 2.05) is 0 Å². The fraction of sp³-hybridized carbons (Fsp3) is 0.833. The van der Waals surface area contributed by atoms with E-state index in [9.17, 15) is 9.59 Å². The summed E-state index contributed by atoms with van der Waals surface area (Å²) >= 11 is 0. The van der Waals surface area contributed by atoms with Crippen molar-refractivity contribution in [2.45, 2.75) is 13.8 Å². The number of quaternary nitrogens is 2. The molecule has 6 heteroatoms. The number of nitrogens with one attached hydrogen (secondary N) is 2. The van der Waals surface area contributed by atoms with Gasteiger partial charge >= 0.3 is 0 Å². The lowest BCUT2D eigenvalue weighted by Crippen LogP contribution is -2.67. The Morgan fingerprint density at radius 1 is 0.833 bits per heavy atom. The molecule has 0 aromatic heterocycles. The summed E-state index contributed by atoms with van der Waals surface area (Å²) in [6, 6.07) is 0. The number of carbonyl (C=O) groups excluding carboxylic acids is 2. The second kappa shape index (κ2) is 5.67. The highest BCUT2D eigenvalue weighted by Crippen LogP contribution is 2.13. The Kier molecular flexibility index (Phi) is 4.70. The molecule has 1 saturated heterocycles. The summed E-state index contributed by atoms with van der Waals surface area (Å²) in [5, 5.41) is 5.78. The monoisotopic (exact) mass is 258 g/mol. The Bertz CT molecular complexity index is 290. The quantitative estimate of drug-likeness (QED) is 0.641. The summed E-state index contributed by atoms with van der Waals surface area (Å²) < 4.78 is 1.74. The zero-order valence-corrected chi connectivity index (χ0v) is 12.0. The normalized spacial score (nSPS) is 31.8. The topological polar surface area (TPSA) is 58.2 Å². The van der Waals surface area contributed by atoms with Crippen LogP contribution in [0.15, 0.2) is 0 Å². The van der Waals surface area contributed by atoms with Crippen LogP contribution in [0.3, 0.4) is 0 Å². The zero-order chi connectivity index (χ0) is 13.8. The molecule has 1 fully saturated rings. The zero-order valence-electron chi connectivity index (χ0n) is 12.0. The number of rotatable bonds is 4. The first-order chi connectivity index (χ1) is 8.25. The van der Waals surface area contributed by atoms with Crippen LogP contribution in [0.1, 0.15) is 13.8 Å². The average molecular weight is 258 g/mol. The van der Waals surface area contributed by atoms with Crippen molar-refractivity contribution in [2.75, 3.05) is 53.6 Å². The number of likely N-dealkylation sites (N-methyl/N-ethyl adjacent to an activating group) is 2. The molecule has 0 spiro atoms. The molecule has 0 atom stereocenters. The second-order valence-electron chi connectivity index (χ2n) is 5.92. The molecular formula is C12H26N4O2+2. The van der Waals surface area contributed by atoms with Crippen LogP contribution in [0.25, 0.3) is 0 Å². The lowest BCUT2D eigenvalue weighted by molar-refractivity contribution is -1.02. The molecule has 0 radical (unpaired) electrons. The Balaban J connectivity index is 2.43. The fourth-order valence-electron chi connectivity index (χ4n) is 2.11. The number of piperazine rings is 1. The van der Waals surface area contributed by atoms with Crippen molar-refractivity contribution in [3.63, 3.8) is 0 Å². The van der Waals surface area contributed by atoms with E-state index < -0.39 is 0 Å². The predicted octanol–water partition coefficient (Wildman–Crippen LogP) is -0.920. The number of amides is 2. The van der Waals surface area contributed by atoms with E-state index in [1.165, 1.54) is 0 Å². The van der Waals surface area contributed by atoms with Gasteiger partial charge in [-0.25, -0.2) is 0 Å². The van der Waals surface area contributed by atoms with E-state index in [0.717, 1.165) is 35.1 Å². The third-order valence-electron chi connectivity index (χ3n) is 3.78. The van der Waals surface area contributed by atoms with Crippen molar-refractivity contribution in [2.24, 2.45) is 0 Å². The molecular weight excluding hydrogens is 232 g/mol. The summed E-state index contributed by atoms with van der Waals surface area (Å²) in [6.07, 6.45) is 0. The van der Waals surface area contributed by atoms with E-state index in [-0.39, 0.29) is 11.8 Å². The van der Waals surface area contributed by atoms with Crippen LogP contribution >= 0.6 is 0 Å². The minimum absolute atomic E-state index is 0.0235. The maximum atomic E-state index is 11.0. The van der Waals surface area contributed by atoms with Gasteiger partial charge in [0.1, 0.15) is 26.2 Å². The lowest BCUT2D eigenvalue weighted by Gasteiger charge is -2.45. The van der Waals surface area contributed by atoms with Crippen molar-refractivity contribution >= 4 is 11.8 Å². The van der Waals surface area contributed by atoms with Gasteiger partial charge in [0.05, 0.1) is 14.1 Å². The molecule has 2 amide bonds. The molecule has 1 rings (SSSR count). The van der Waals surface area contributed by atoms with Gasteiger partial charge in [0.2, 0.25) is 11.8 Å². The highest BCUT2D eigenvalue weighted by atomic mass is 16.2. The highest BCUT2D eigenvalue weighted by molar-refractivity contribution is 5.72. The molecule has 0 aromatic rings. The molecule has 0 unspecified atom stereocenters. The lowest BCUT2D eigenvalue weighted by atomic mass is 10.2. The molecule has 1 aliphatic heterocycles. The molecule has 0 aliphatic carbocycles. The first-order valence-corrected chi connectivity index (χ1v) is 6.41. The predicted molar refractivity (Wildman–Crippen MR) is 69.2 cm³/mol.